The highest BCUT2D eigenvalue weighted by molar-refractivity contribution is 7.99. The Bertz CT molecular complexity index is 945. The molecule has 0 bridgehead atoms. The Morgan fingerprint density at radius 1 is 0.680 bits per heavy atom. The summed E-state index contributed by atoms with van der Waals surface area (Å²) >= 11 is 1.79. The summed E-state index contributed by atoms with van der Waals surface area (Å²) in [5, 5.41) is 2.33. The number of para-hydroxylation sites is 1. The highest BCUT2D eigenvalue weighted by atomic mass is 32.2. The molecule has 0 atom stereocenters. The molecular formula is C22H18N2S. The van der Waals surface area contributed by atoms with E-state index in [4.69, 9.17) is 4.98 Å². The van der Waals surface area contributed by atoms with Crippen LogP contribution >= 0.6 is 11.8 Å². The fraction of sp³-hybridized carbons (Fsp3) is 0.0909. The standard InChI is InChI=1S/C22H18N2S/c1-16-23-20-15-9-8-14-19(20)22(24-16)25-21(17-10-4-2-5-11-17)18-12-6-3-7-13-18/h2-15,21H,1H3. The van der Waals surface area contributed by atoms with Gasteiger partial charge in [-0.05, 0) is 24.1 Å². The minimum absolute atomic E-state index is 0.195. The van der Waals surface area contributed by atoms with Crippen LogP contribution in [0.5, 0.6) is 0 Å². The van der Waals surface area contributed by atoms with Crippen LogP contribution in [0.15, 0.2) is 90.0 Å². The number of aromatic nitrogens is 2. The third-order valence-electron chi connectivity index (χ3n) is 4.11. The van der Waals surface area contributed by atoms with Crippen LogP contribution in [0.2, 0.25) is 0 Å². The van der Waals surface area contributed by atoms with Gasteiger partial charge in [0.2, 0.25) is 0 Å². The molecule has 0 saturated heterocycles. The zero-order chi connectivity index (χ0) is 17.1. The largest absolute Gasteiger partial charge is 0.233 e. The van der Waals surface area contributed by atoms with Gasteiger partial charge >= 0.3 is 0 Å². The third-order valence-corrected chi connectivity index (χ3v) is 5.43. The first kappa shape index (κ1) is 15.9. The van der Waals surface area contributed by atoms with Gasteiger partial charge < -0.3 is 0 Å². The van der Waals surface area contributed by atoms with Gasteiger partial charge in [-0.3, -0.25) is 0 Å². The fourth-order valence-corrected chi connectivity index (χ4v) is 4.24. The zero-order valence-electron chi connectivity index (χ0n) is 14.0. The Kier molecular flexibility index (Phi) is 4.49. The lowest BCUT2D eigenvalue weighted by Crippen LogP contribution is -1.99. The molecule has 25 heavy (non-hydrogen) atoms. The molecular weight excluding hydrogens is 324 g/mol. The molecule has 0 aliphatic rings. The number of hydrogen-bond acceptors (Lipinski definition) is 3. The minimum atomic E-state index is 0.195. The maximum atomic E-state index is 4.74. The molecule has 0 spiro atoms. The average molecular weight is 342 g/mol. The lowest BCUT2D eigenvalue weighted by atomic mass is 10.0. The molecule has 0 aliphatic carbocycles. The van der Waals surface area contributed by atoms with Crippen LogP contribution in [0, 0.1) is 6.92 Å². The second-order valence-electron chi connectivity index (χ2n) is 5.91. The van der Waals surface area contributed by atoms with Gasteiger partial charge in [-0.15, -0.1) is 0 Å². The average Bonchev–Trinajstić information content (AvgIpc) is 2.67. The molecule has 1 heterocycles. The highest BCUT2D eigenvalue weighted by Gasteiger charge is 2.18. The molecule has 3 aromatic carbocycles. The Morgan fingerprint density at radius 3 is 1.88 bits per heavy atom. The molecule has 0 unspecified atom stereocenters. The van der Waals surface area contributed by atoms with Crippen LogP contribution in [0.4, 0.5) is 0 Å². The van der Waals surface area contributed by atoms with Gasteiger partial charge in [0.05, 0.1) is 10.8 Å². The number of thioether (sulfide) groups is 1. The first-order chi connectivity index (χ1) is 12.3. The van der Waals surface area contributed by atoms with Crippen molar-refractivity contribution in [1.29, 1.82) is 0 Å². The first-order valence-corrected chi connectivity index (χ1v) is 9.19. The van der Waals surface area contributed by atoms with Gasteiger partial charge in [0.1, 0.15) is 10.9 Å². The van der Waals surface area contributed by atoms with Gasteiger partial charge in [-0.1, -0.05) is 90.6 Å². The molecule has 0 aliphatic heterocycles. The van der Waals surface area contributed by atoms with E-state index in [0.717, 1.165) is 21.8 Å². The van der Waals surface area contributed by atoms with E-state index in [1.54, 1.807) is 11.8 Å². The lowest BCUT2D eigenvalue weighted by Gasteiger charge is -2.18. The van der Waals surface area contributed by atoms with Crippen LogP contribution in [0.1, 0.15) is 22.2 Å². The molecule has 0 fully saturated rings. The van der Waals surface area contributed by atoms with E-state index >= 15 is 0 Å². The molecule has 0 radical (unpaired) electrons. The Morgan fingerprint density at radius 2 is 1.24 bits per heavy atom. The number of hydrogen-bond donors (Lipinski definition) is 0. The maximum Gasteiger partial charge on any atom is 0.127 e. The molecule has 4 rings (SSSR count). The minimum Gasteiger partial charge on any atom is -0.233 e. The molecule has 0 N–H and O–H groups in total. The van der Waals surface area contributed by atoms with Crippen molar-refractivity contribution < 1.29 is 0 Å². The van der Waals surface area contributed by atoms with Crippen LogP contribution < -0.4 is 0 Å². The van der Waals surface area contributed by atoms with Crippen LogP contribution in [-0.4, -0.2) is 9.97 Å². The topological polar surface area (TPSA) is 25.8 Å². The van der Waals surface area contributed by atoms with Crippen LogP contribution in [0.25, 0.3) is 10.9 Å². The predicted octanol–water partition coefficient (Wildman–Crippen LogP) is 5.82. The third kappa shape index (κ3) is 3.42. The van der Waals surface area contributed by atoms with Crippen molar-refractivity contribution >= 4 is 22.7 Å². The summed E-state index contributed by atoms with van der Waals surface area (Å²) in [5.41, 5.74) is 3.55. The van der Waals surface area contributed by atoms with E-state index in [-0.39, 0.29) is 5.25 Å². The summed E-state index contributed by atoms with van der Waals surface area (Å²) in [7, 11) is 0. The smallest absolute Gasteiger partial charge is 0.127 e. The first-order valence-electron chi connectivity index (χ1n) is 8.31. The van der Waals surface area contributed by atoms with E-state index in [0.29, 0.717) is 0 Å². The second kappa shape index (κ2) is 7.08. The fourth-order valence-electron chi connectivity index (χ4n) is 2.94. The Labute approximate surface area is 152 Å². The molecule has 0 amide bonds. The van der Waals surface area contributed by atoms with Crippen LogP contribution in [-0.2, 0) is 0 Å². The number of benzene rings is 3. The van der Waals surface area contributed by atoms with Crippen molar-refractivity contribution in [2.24, 2.45) is 0 Å². The van der Waals surface area contributed by atoms with Crippen LogP contribution in [0.3, 0.4) is 0 Å². The number of rotatable bonds is 4. The maximum absolute atomic E-state index is 4.74. The predicted molar refractivity (Wildman–Crippen MR) is 105 cm³/mol. The van der Waals surface area contributed by atoms with Gasteiger partial charge in [0, 0.05) is 5.39 Å². The quantitative estimate of drug-likeness (QED) is 0.345. The van der Waals surface area contributed by atoms with E-state index in [2.05, 4.69) is 71.7 Å². The highest BCUT2D eigenvalue weighted by Crippen LogP contribution is 2.41. The Hall–Kier alpha value is -2.65. The summed E-state index contributed by atoms with van der Waals surface area (Å²) in [6, 6.07) is 29.4. The summed E-state index contributed by atoms with van der Waals surface area (Å²) in [4.78, 5) is 9.31. The number of aryl methyl sites for hydroxylation is 1. The van der Waals surface area contributed by atoms with Crippen molar-refractivity contribution in [2.45, 2.75) is 17.2 Å². The normalized spacial score (nSPS) is 11.1. The van der Waals surface area contributed by atoms with Crippen molar-refractivity contribution in [1.82, 2.24) is 9.97 Å². The summed E-state index contributed by atoms with van der Waals surface area (Å²) in [5.74, 6) is 0.807. The van der Waals surface area contributed by atoms with Gasteiger partial charge in [-0.2, -0.15) is 0 Å². The summed E-state index contributed by atoms with van der Waals surface area (Å²) < 4.78 is 0. The zero-order valence-corrected chi connectivity index (χ0v) is 14.8. The monoisotopic (exact) mass is 342 g/mol. The van der Waals surface area contributed by atoms with E-state index in [1.807, 2.05) is 25.1 Å². The summed E-state index contributed by atoms with van der Waals surface area (Å²) in [6.07, 6.45) is 0. The van der Waals surface area contributed by atoms with Crippen molar-refractivity contribution in [3.8, 4) is 0 Å². The molecule has 2 nitrogen and oxygen atoms in total. The van der Waals surface area contributed by atoms with E-state index in [9.17, 15) is 0 Å². The molecule has 4 aromatic rings. The Balaban J connectivity index is 1.83. The second-order valence-corrected chi connectivity index (χ2v) is 7.01. The van der Waals surface area contributed by atoms with Crippen molar-refractivity contribution in [3.63, 3.8) is 0 Å². The molecule has 1 aromatic heterocycles. The van der Waals surface area contributed by atoms with Crippen molar-refractivity contribution in [2.75, 3.05) is 0 Å². The summed E-state index contributed by atoms with van der Waals surface area (Å²) in [6.45, 7) is 1.95. The number of fused-ring (bicyclic) bond motifs is 1. The number of nitrogens with zero attached hydrogens (tertiary/aromatic N) is 2. The van der Waals surface area contributed by atoms with Gasteiger partial charge in [0.15, 0.2) is 0 Å². The SMILES string of the molecule is Cc1nc(SC(c2ccccc2)c2ccccc2)c2ccccc2n1. The van der Waals surface area contributed by atoms with E-state index < -0.39 is 0 Å². The lowest BCUT2D eigenvalue weighted by molar-refractivity contribution is 1.00. The van der Waals surface area contributed by atoms with Gasteiger partial charge in [-0.25, -0.2) is 9.97 Å². The molecule has 122 valence electrons. The molecule has 0 saturated carbocycles. The molecule has 3 heteroatoms. The van der Waals surface area contributed by atoms with Gasteiger partial charge in [0.25, 0.3) is 0 Å². The van der Waals surface area contributed by atoms with Crippen molar-refractivity contribution in [3.05, 3.63) is 102 Å². The van der Waals surface area contributed by atoms with E-state index in [1.165, 1.54) is 11.1 Å².